The second-order valence-electron chi connectivity index (χ2n) is 9.88. The van der Waals surface area contributed by atoms with E-state index >= 15 is 0 Å². The van der Waals surface area contributed by atoms with E-state index in [1.165, 1.54) is 43.2 Å². The molecule has 5 rings (SSSR count). The highest BCUT2D eigenvalue weighted by Crippen LogP contribution is 2.56. The second-order valence-corrected chi connectivity index (χ2v) is 9.88. The summed E-state index contributed by atoms with van der Waals surface area (Å²) >= 11 is 0. The quantitative estimate of drug-likeness (QED) is 0.662. The van der Waals surface area contributed by atoms with Gasteiger partial charge in [0.15, 0.2) is 0 Å². The predicted molar refractivity (Wildman–Crippen MR) is 104 cm³/mol. The molecule has 4 atom stereocenters. The van der Waals surface area contributed by atoms with Gasteiger partial charge in [0.1, 0.15) is 0 Å². The Bertz CT molecular complexity index is 725. The SMILES string of the molecule is CC1(C)[C@H]2Cc3ccccc3[C@]1(C)CCN2C(=O)N1C2CCCC1CC2. The van der Waals surface area contributed by atoms with Crippen molar-refractivity contribution in [2.45, 2.75) is 89.3 Å². The van der Waals surface area contributed by atoms with Crippen LogP contribution in [0.25, 0.3) is 0 Å². The van der Waals surface area contributed by atoms with Gasteiger partial charge in [0, 0.05) is 30.1 Å². The third-order valence-corrected chi connectivity index (χ3v) is 8.67. The number of amides is 2. The van der Waals surface area contributed by atoms with Crippen LogP contribution in [-0.2, 0) is 11.8 Å². The Labute approximate surface area is 157 Å². The highest BCUT2D eigenvalue weighted by Gasteiger charge is 2.57. The molecule has 0 spiro atoms. The van der Waals surface area contributed by atoms with E-state index in [1.54, 1.807) is 0 Å². The summed E-state index contributed by atoms with van der Waals surface area (Å²) in [4.78, 5) is 18.2. The molecule has 0 aromatic heterocycles. The van der Waals surface area contributed by atoms with Crippen molar-refractivity contribution in [2.75, 3.05) is 6.54 Å². The Hall–Kier alpha value is -1.51. The van der Waals surface area contributed by atoms with Crippen molar-refractivity contribution in [3.05, 3.63) is 35.4 Å². The third kappa shape index (κ3) is 2.03. The highest BCUT2D eigenvalue weighted by atomic mass is 16.2. The highest BCUT2D eigenvalue weighted by molar-refractivity contribution is 5.77. The first-order chi connectivity index (χ1) is 12.4. The van der Waals surface area contributed by atoms with Crippen molar-refractivity contribution in [1.29, 1.82) is 0 Å². The Kier molecular flexibility index (Phi) is 3.52. The lowest BCUT2D eigenvalue weighted by Crippen LogP contribution is -2.67. The van der Waals surface area contributed by atoms with Crippen LogP contribution in [0.3, 0.4) is 0 Å². The number of fused-ring (bicyclic) bond motifs is 6. The fraction of sp³-hybridized carbons (Fsp3) is 0.696. The van der Waals surface area contributed by atoms with E-state index in [0.717, 1.165) is 19.4 Å². The van der Waals surface area contributed by atoms with Crippen LogP contribution in [0.15, 0.2) is 24.3 Å². The number of carbonyl (C=O) groups excluding carboxylic acids is 1. The predicted octanol–water partition coefficient (Wildman–Crippen LogP) is 4.74. The number of nitrogens with zero attached hydrogens (tertiary/aromatic N) is 2. The van der Waals surface area contributed by atoms with Gasteiger partial charge in [0.05, 0.1) is 0 Å². The van der Waals surface area contributed by atoms with E-state index in [0.29, 0.717) is 24.2 Å². The van der Waals surface area contributed by atoms with E-state index in [9.17, 15) is 4.79 Å². The largest absolute Gasteiger partial charge is 0.321 e. The van der Waals surface area contributed by atoms with Crippen molar-refractivity contribution in [2.24, 2.45) is 5.41 Å². The molecule has 4 bridgehead atoms. The molecule has 3 heteroatoms. The van der Waals surface area contributed by atoms with Gasteiger partial charge in [0.2, 0.25) is 0 Å². The Morgan fingerprint density at radius 2 is 1.73 bits per heavy atom. The summed E-state index contributed by atoms with van der Waals surface area (Å²) in [5.41, 5.74) is 3.23. The molecular formula is C23H32N2O. The minimum atomic E-state index is 0.101. The zero-order chi connectivity index (χ0) is 18.1. The monoisotopic (exact) mass is 352 g/mol. The van der Waals surface area contributed by atoms with Gasteiger partial charge in [-0.3, -0.25) is 0 Å². The van der Waals surface area contributed by atoms with Gasteiger partial charge < -0.3 is 9.80 Å². The first kappa shape index (κ1) is 16.6. The molecule has 1 aromatic rings. The summed E-state index contributed by atoms with van der Waals surface area (Å²) in [6.45, 7) is 8.15. The minimum Gasteiger partial charge on any atom is -0.321 e. The van der Waals surface area contributed by atoms with Crippen LogP contribution < -0.4 is 0 Å². The second kappa shape index (κ2) is 5.50. The summed E-state index contributed by atoms with van der Waals surface area (Å²) in [5.74, 6) is 0. The van der Waals surface area contributed by atoms with Crippen molar-refractivity contribution in [1.82, 2.24) is 9.80 Å². The average molecular weight is 353 g/mol. The molecule has 0 N–H and O–H groups in total. The summed E-state index contributed by atoms with van der Waals surface area (Å²) in [6, 6.07) is 10.6. The van der Waals surface area contributed by atoms with E-state index in [2.05, 4.69) is 54.8 Å². The molecule has 140 valence electrons. The molecule has 3 saturated heterocycles. The maximum Gasteiger partial charge on any atom is 0.320 e. The molecule has 3 heterocycles. The minimum absolute atomic E-state index is 0.101. The molecule has 3 fully saturated rings. The van der Waals surface area contributed by atoms with Crippen molar-refractivity contribution in [3.63, 3.8) is 0 Å². The van der Waals surface area contributed by atoms with E-state index in [4.69, 9.17) is 0 Å². The topological polar surface area (TPSA) is 23.6 Å². The molecule has 0 saturated carbocycles. The molecule has 3 nitrogen and oxygen atoms in total. The molecule has 2 unspecified atom stereocenters. The molecule has 1 aromatic carbocycles. The summed E-state index contributed by atoms with van der Waals surface area (Å²) in [5, 5.41) is 0. The number of carbonyl (C=O) groups is 1. The normalized spacial score (nSPS) is 37.4. The van der Waals surface area contributed by atoms with E-state index < -0.39 is 0 Å². The average Bonchev–Trinajstić information content (AvgIpc) is 2.86. The van der Waals surface area contributed by atoms with Crippen LogP contribution in [0.2, 0.25) is 0 Å². The number of hydrogen-bond donors (Lipinski definition) is 0. The first-order valence-electron chi connectivity index (χ1n) is 10.6. The molecule has 0 radical (unpaired) electrons. The van der Waals surface area contributed by atoms with Crippen LogP contribution in [0.4, 0.5) is 4.79 Å². The number of likely N-dealkylation sites (tertiary alicyclic amines) is 1. The van der Waals surface area contributed by atoms with Gasteiger partial charge in [-0.05, 0) is 61.5 Å². The van der Waals surface area contributed by atoms with Gasteiger partial charge in [0.25, 0.3) is 0 Å². The number of hydrogen-bond acceptors (Lipinski definition) is 1. The van der Waals surface area contributed by atoms with Gasteiger partial charge in [-0.15, -0.1) is 0 Å². The van der Waals surface area contributed by atoms with Crippen molar-refractivity contribution < 1.29 is 4.79 Å². The van der Waals surface area contributed by atoms with Crippen LogP contribution in [-0.4, -0.2) is 40.5 Å². The first-order valence-corrected chi connectivity index (χ1v) is 10.6. The van der Waals surface area contributed by atoms with Gasteiger partial charge in [-0.25, -0.2) is 4.79 Å². The van der Waals surface area contributed by atoms with E-state index in [1.807, 2.05) is 0 Å². The molecular weight excluding hydrogens is 320 g/mol. The van der Waals surface area contributed by atoms with Crippen molar-refractivity contribution >= 4 is 6.03 Å². The van der Waals surface area contributed by atoms with Gasteiger partial charge >= 0.3 is 6.03 Å². The lowest BCUT2D eigenvalue weighted by molar-refractivity contribution is -0.0282. The Balaban J connectivity index is 1.51. The van der Waals surface area contributed by atoms with Crippen LogP contribution in [0.1, 0.15) is 70.4 Å². The molecule has 3 aliphatic heterocycles. The Morgan fingerprint density at radius 3 is 2.46 bits per heavy atom. The van der Waals surface area contributed by atoms with Crippen LogP contribution >= 0.6 is 0 Å². The lowest BCUT2D eigenvalue weighted by Gasteiger charge is -2.61. The maximum absolute atomic E-state index is 13.7. The third-order valence-electron chi connectivity index (χ3n) is 8.67. The standard InChI is InChI=1S/C23H32N2O/c1-22(2)20-15-16-7-4-5-10-19(16)23(22,3)13-14-24(20)21(26)25-17-8-6-9-18(25)12-11-17/h4-5,7,10,17-18,20H,6,8-9,11-15H2,1-3H3/t17?,18?,20-,23+/m1/s1. The molecule has 2 amide bonds. The molecule has 1 aliphatic carbocycles. The lowest BCUT2D eigenvalue weighted by atomic mass is 9.51. The fourth-order valence-electron chi connectivity index (χ4n) is 6.68. The van der Waals surface area contributed by atoms with Gasteiger partial charge in [-0.2, -0.15) is 0 Å². The number of rotatable bonds is 0. The van der Waals surface area contributed by atoms with Crippen LogP contribution in [0.5, 0.6) is 0 Å². The zero-order valence-corrected chi connectivity index (χ0v) is 16.5. The summed E-state index contributed by atoms with van der Waals surface area (Å²) < 4.78 is 0. The van der Waals surface area contributed by atoms with E-state index in [-0.39, 0.29) is 10.8 Å². The smallest absolute Gasteiger partial charge is 0.320 e. The zero-order valence-electron chi connectivity index (χ0n) is 16.5. The summed E-state index contributed by atoms with van der Waals surface area (Å²) in [7, 11) is 0. The van der Waals surface area contributed by atoms with Crippen LogP contribution in [0, 0.1) is 5.41 Å². The summed E-state index contributed by atoms with van der Waals surface area (Å²) in [6.07, 6.45) is 8.25. The number of benzene rings is 1. The Morgan fingerprint density at radius 1 is 1.04 bits per heavy atom. The number of piperidine rings is 2. The molecule has 26 heavy (non-hydrogen) atoms. The van der Waals surface area contributed by atoms with Crippen molar-refractivity contribution in [3.8, 4) is 0 Å². The molecule has 4 aliphatic rings. The number of urea groups is 1. The fourth-order valence-corrected chi connectivity index (χ4v) is 6.68. The maximum atomic E-state index is 13.7. The van der Waals surface area contributed by atoms with Gasteiger partial charge in [-0.1, -0.05) is 45.0 Å².